The van der Waals surface area contributed by atoms with Crippen LogP contribution in [0.3, 0.4) is 0 Å². The molecule has 0 spiro atoms. The molecule has 1 N–H and O–H groups in total. The van der Waals surface area contributed by atoms with Crippen LogP contribution >= 0.6 is 0 Å². The molecule has 138 valence electrons. The molecule has 0 atom stereocenters. The molecule has 2 aliphatic carbocycles. The molecule has 2 saturated carbocycles. The van der Waals surface area contributed by atoms with Gasteiger partial charge in [-0.05, 0) is 43.9 Å². The van der Waals surface area contributed by atoms with Crippen LogP contribution in [0.25, 0.3) is 0 Å². The van der Waals surface area contributed by atoms with Crippen molar-refractivity contribution in [2.45, 2.75) is 45.6 Å². The molecule has 0 unspecified atom stereocenters. The molecule has 0 bridgehead atoms. The third-order valence-corrected chi connectivity index (χ3v) is 6.22. The minimum absolute atomic E-state index is 0.551. The predicted octanol–water partition coefficient (Wildman–Crippen LogP) is 2.34. The second-order valence-electron chi connectivity index (χ2n) is 7.91. The summed E-state index contributed by atoms with van der Waals surface area (Å²) in [6, 6.07) is 1.95. The van der Waals surface area contributed by atoms with Crippen molar-refractivity contribution in [1.29, 1.82) is 0 Å². The Labute approximate surface area is 150 Å². The zero-order valence-electron chi connectivity index (χ0n) is 15.4. The van der Waals surface area contributed by atoms with E-state index >= 15 is 0 Å². The third-order valence-electron chi connectivity index (χ3n) is 6.22. The molecule has 3 aliphatic rings. The van der Waals surface area contributed by atoms with E-state index in [2.05, 4.69) is 27.2 Å². The second kappa shape index (κ2) is 7.36. The Morgan fingerprint density at radius 1 is 1.32 bits per heavy atom. The molecule has 3 fully saturated rings. The van der Waals surface area contributed by atoms with Crippen molar-refractivity contribution in [1.82, 2.24) is 20.3 Å². The minimum Gasteiger partial charge on any atom is -0.364 e. The zero-order valence-corrected chi connectivity index (χ0v) is 15.4. The van der Waals surface area contributed by atoms with E-state index in [1.165, 1.54) is 32.1 Å². The van der Waals surface area contributed by atoms with Crippen molar-refractivity contribution in [3.8, 4) is 0 Å². The average Bonchev–Trinajstić information content (AvgIpc) is 3.31. The Morgan fingerprint density at radius 2 is 2.12 bits per heavy atom. The molecule has 25 heavy (non-hydrogen) atoms. The summed E-state index contributed by atoms with van der Waals surface area (Å²) in [6.45, 7) is 9.16. The molecule has 6 heteroatoms. The number of aliphatic imine (C=N–C) groups is 1. The fourth-order valence-corrected chi connectivity index (χ4v) is 4.35. The highest BCUT2D eigenvalue weighted by atomic mass is 16.5. The van der Waals surface area contributed by atoms with E-state index in [-0.39, 0.29) is 0 Å². The maximum absolute atomic E-state index is 5.08. The number of rotatable bonds is 6. The van der Waals surface area contributed by atoms with Crippen LogP contribution in [0.4, 0.5) is 0 Å². The molecule has 0 aromatic carbocycles. The van der Waals surface area contributed by atoms with E-state index in [0.717, 1.165) is 63.4 Å². The first-order valence-corrected chi connectivity index (χ1v) is 9.94. The van der Waals surface area contributed by atoms with Gasteiger partial charge in [0.1, 0.15) is 6.26 Å². The van der Waals surface area contributed by atoms with Crippen LogP contribution in [0.5, 0.6) is 0 Å². The van der Waals surface area contributed by atoms with Crippen molar-refractivity contribution in [3.05, 3.63) is 18.0 Å². The SMILES string of the molecule is CCNC(=NCC1(C2CC2)CCC1)N1CCN(Cc2ccon2)CC1. The van der Waals surface area contributed by atoms with E-state index in [0.29, 0.717) is 5.41 Å². The van der Waals surface area contributed by atoms with E-state index in [9.17, 15) is 0 Å². The van der Waals surface area contributed by atoms with Crippen molar-refractivity contribution in [2.75, 3.05) is 39.3 Å². The summed E-state index contributed by atoms with van der Waals surface area (Å²) in [5.41, 5.74) is 1.57. The Balaban J connectivity index is 1.32. The number of nitrogens with one attached hydrogen (secondary N) is 1. The largest absolute Gasteiger partial charge is 0.364 e. The van der Waals surface area contributed by atoms with Crippen molar-refractivity contribution in [3.63, 3.8) is 0 Å². The van der Waals surface area contributed by atoms with Crippen LogP contribution in [0.2, 0.25) is 0 Å². The number of piperazine rings is 1. The Bertz CT molecular complexity index is 569. The molecule has 0 amide bonds. The standard InChI is InChI=1S/C19H31N5O/c1-2-20-18(21-15-19(7-3-8-19)16-4-5-16)24-11-9-23(10-12-24)14-17-6-13-25-22-17/h6,13,16H,2-5,7-12,14-15H2,1H3,(H,20,21). The molecule has 2 heterocycles. The maximum Gasteiger partial charge on any atom is 0.194 e. The lowest BCUT2D eigenvalue weighted by Gasteiger charge is -2.42. The van der Waals surface area contributed by atoms with Crippen molar-refractivity contribution in [2.24, 2.45) is 16.3 Å². The smallest absolute Gasteiger partial charge is 0.194 e. The van der Waals surface area contributed by atoms with Gasteiger partial charge in [-0.1, -0.05) is 11.6 Å². The minimum atomic E-state index is 0.551. The van der Waals surface area contributed by atoms with E-state index in [1.807, 2.05) is 6.07 Å². The van der Waals surface area contributed by atoms with Gasteiger partial charge in [-0.25, -0.2) is 0 Å². The van der Waals surface area contributed by atoms with Gasteiger partial charge >= 0.3 is 0 Å². The number of guanidine groups is 1. The lowest BCUT2D eigenvalue weighted by atomic mass is 9.65. The van der Waals surface area contributed by atoms with Gasteiger partial charge in [0.25, 0.3) is 0 Å². The monoisotopic (exact) mass is 345 g/mol. The van der Waals surface area contributed by atoms with E-state index in [1.54, 1.807) is 6.26 Å². The first-order valence-electron chi connectivity index (χ1n) is 9.94. The first kappa shape index (κ1) is 16.9. The van der Waals surface area contributed by atoms with Crippen LogP contribution < -0.4 is 5.32 Å². The molecule has 1 saturated heterocycles. The summed E-state index contributed by atoms with van der Waals surface area (Å²) in [4.78, 5) is 9.95. The maximum atomic E-state index is 5.08. The summed E-state index contributed by atoms with van der Waals surface area (Å²) in [5.74, 6) is 2.09. The Hall–Kier alpha value is -1.56. The Kier molecular flexibility index (Phi) is 4.97. The summed E-state index contributed by atoms with van der Waals surface area (Å²) in [6.07, 6.45) is 8.72. The van der Waals surface area contributed by atoms with Crippen LogP contribution in [-0.2, 0) is 6.54 Å². The predicted molar refractivity (Wildman–Crippen MR) is 98.3 cm³/mol. The third kappa shape index (κ3) is 3.84. The first-order chi connectivity index (χ1) is 12.3. The van der Waals surface area contributed by atoms with Crippen LogP contribution in [0.1, 0.15) is 44.7 Å². The van der Waals surface area contributed by atoms with Gasteiger partial charge < -0.3 is 14.7 Å². The zero-order chi connectivity index (χ0) is 17.1. The van der Waals surface area contributed by atoms with Crippen LogP contribution in [-0.4, -0.2) is 60.2 Å². The lowest BCUT2D eigenvalue weighted by molar-refractivity contribution is 0.112. The molecule has 1 aliphatic heterocycles. The van der Waals surface area contributed by atoms with Gasteiger partial charge in [0.05, 0.1) is 5.69 Å². The number of hydrogen-bond donors (Lipinski definition) is 1. The number of nitrogens with zero attached hydrogens (tertiary/aromatic N) is 4. The highest BCUT2D eigenvalue weighted by Gasteiger charge is 2.48. The average molecular weight is 345 g/mol. The molecule has 6 nitrogen and oxygen atoms in total. The van der Waals surface area contributed by atoms with Crippen molar-refractivity contribution < 1.29 is 4.52 Å². The summed E-state index contributed by atoms with van der Waals surface area (Å²) >= 11 is 0. The summed E-state index contributed by atoms with van der Waals surface area (Å²) in [7, 11) is 0. The number of hydrogen-bond acceptors (Lipinski definition) is 4. The molecular formula is C19H31N5O. The second-order valence-corrected chi connectivity index (χ2v) is 7.91. The van der Waals surface area contributed by atoms with Gasteiger partial charge in [0.2, 0.25) is 0 Å². The van der Waals surface area contributed by atoms with E-state index < -0.39 is 0 Å². The highest BCUT2D eigenvalue weighted by Crippen LogP contribution is 2.57. The van der Waals surface area contributed by atoms with Gasteiger partial charge in [0.15, 0.2) is 5.96 Å². The molecule has 4 rings (SSSR count). The Morgan fingerprint density at radius 3 is 2.68 bits per heavy atom. The van der Waals surface area contributed by atoms with Gasteiger partial charge in [-0.2, -0.15) is 0 Å². The topological polar surface area (TPSA) is 56.9 Å². The highest BCUT2D eigenvalue weighted by molar-refractivity contribution is 5.80. The summed E-state index contributed by atoms with van der Waals surface area (Å²) in [5, 5.41) is 7.55. The number of aromatic nitrogens is 1. The van der Waals surface area contributed by atoms with Crippen LogP contribution in [0, 0.1) is 11.3 Å². The van der Waals surface area contributed by atoms with Crippen molar-refractivity contribution >= 4 is 5.96 Å². The van der Waals surface area contributed by atoms with Gasteiger partial charge in [0, 0.05) is 51.9 Å². The molecular weight excluding hydrogens is 314 g/mol. The lowest BCUT2D eigenvalue weighted by Crippen LogP contribution is -2.52. The normalized spacial score (nSPS) is 24.2. The quantitative estimate of drug-likeness (QED) is 0.633. The van der Waals surface area contributed by atoms with Crippen LogP contribution in [0.15, 0.2) is 21.8 Å². The van der Waals surface area contributed by atoms with Gasteiger partial charge in [-0.15, -0.1) is 0 Å². The van der Waals surface area contributed by atoms with E-state index in [4.69, 9.17) is 9.52 Å². The van der Waals surface area contributed by atoms with Gasteiger partial charge in [-0.3, -0.25) is 9.89 Å². The molecule has 1 aromatic rings. The molecule has 1 aromatic heterocycles. The fraction of sp³-hybridized carbons (Fsp3) is 0.789. The molecule has 0 radical (unpaired) electrons. The fourth-order valence-electron chi connectivity index (χ4n) is 4.35. The summed E-state index contributed by atoms with van der Waals surface area (Å²) < 4.78 is 4.94.